The van der Waals surface area contributed by atoms with Crippen LogP contribution in [0.4, 0.5) is 4.39 Å². The Morgan fingerprint density at radius 3 is 2.82 bits per heavy atom. The van der Waals surface area contributed by atoms with Crippen LogP contribution >= 0.6 is 11.3 Å². The van der Waals surface area contributed by atoms with Gasteiger partial charge < -0.3 is 4.90 Å². The first kappa shape index (κ1) is 14.7. The van der Waals surface area contributed by atoms with Gasteiger partial charge in [0.05, 0.1) is 23.2 Å². The molecule has 0 N–H and O–H groups in total. The predicted octanol–water partition coefficient (Wildman–Crippen LogP) is 3.64. The normalized spacial score (nSPS) is 10.8. The summed E-state index contributed by atoms with van der Waals surface area (Å²) in [5.74, 6) is -0.371. The minimum Gasteiger partial charge on any atom is -0.339 e. The van der Waals surface area contributed by atoms with Crippen molar-refractivity contribution in [1.82, 2.24) is 9.88 Å². The quantitative estimate of drug-likeness (QED) is 0.736. The SMILES string of the molecule is CN(Cc1nc2ccccc2s1)C(=O)Cc1cccc(F)c1. The van der Waals surface area contributed by atoms with E-state index in [4.69, 9.17) is 0 Å². The first-order valence-electron chi connectivity index (χ1n) is 6.94. The van der Waals surface area contributed by atoms with E-state index in [-0.39, 0.29) is 18.1 Å². The Balaban J connectivity index is 1.68. The topological polar surface area (TPSA) is 33.2 Å². The molecule has 0 aliphatic carbocycles. The lowest BCUT2D eigenvalue weighted by atomic mass is 10.1. The molecule has 0 saturated carbocycles. The number of rotatable bonds is 4. The summed E-state index contributed by atoms with van der Waals surface area (Å²) in [6, 6.07) is 14.0. The Morgan fingerprint density at radius 1 is 1.23 bits per heavy atom. The average Bonchev–Trinajstić information content (AvgIpc) is 2.89. The largest absolute Gasteiger partial charge is 0.339 e. The summed E-state index contributed by atoms with van der Waals surface area (Å²) in [4.78, 5) is 18.4. The van der Waals surface area contributed by atoms with Crippen LogP contribution in [0.1, 0.15) is 10.6 Å². The number of fused-ring (bicyclic) bond motifs is 1. The molecule has 5 heteroatoms. The number of halogens is 1. The fourth-order valence-corrected chi connectivity index (χ4v) is 3.26. The van der Waals surface area contributed by atoms with E-state index in [1.807, 2.05) is 24.3 Å². The van der Waals surface area contributed by atoms with Crippen LogP contribution in [0, 0.1) is 5.82 Å². The van der Waals surface area contributed by atoms with Gasteiger partial charge in [0.25, 0.3) is 0 Å². The summed E-state index contributed by atoms with van der Waals surface area (Å²) in [6.45, 7) is 0.466. The molecular weight excluding hydrogens is 299 g/mol. The van der Waals surface area contributed by atoms with E-state index < -0.39 is 0 Å². The second-order valence-corrected chi connectivity index (χ2v) is 6.25. The van der Waals surface area contributed by atoms with Crippen molar-refractivity contribution in [2.75, 3.05) is 7.05 Å². The summed E-state index contributed by atoms with van der Waals surface area (Å²) < 4.78 is 14.3. The van der Waals surface area contributed by atoms with Gasteiger partial charge in [-0.2, -0.15) is 0 Å². The molecule has 0 saturated heterocycles. The van der Waals surface area contributed by atoms with Crippen molar-refractivity contribution in [2.24, 2.45) is 0 Å². The number of benzene rings is 2. The molecule has 0 fully saturated rings. The van der Waals surface area contributed by atoms with Gasteiger partial charge >= 0.3 is 0 Å². The van der Waals surface area contributed by atoms with Crippen molar-refractivity contribution in [1.29, 1.82) is 0 Å². The first-order valence-corrected chi connectivity index (χ1v) is 7.76. The molecule has 3 aromatic rings. The van der Waals surface area contributed by atoms with Gasteiger partial charge in [-0.3, -0.25) is 4.79 Å². The third-order valence-corrected chi connectivity index (χ3v) is 4.40. The first-order chi connectivity index (χ1) is 10.6. The van der Waals surface area contributed by atoms with E-state index in [0.29, 0.717) is 12.1 Å². The smallest absolute Gasteiger partial charge is 0.227 e. The monoisotopic (exact) mass is 314 g/mol. The molecule has 0 atom stereocenters. The number of likely N-dealkylation sites (N-methyl/N-ethyl adjacent to an activating group) is 1. The highest BCUT2D eigenvalue weighted by molar-refractivity contribution is 7.18. The Morgan fingerprint density at radius 2 is 2.05 bits per heavy atom. The van der Waals surface area contributed by atoms with Crippen LogP contribution in [0.5, 0.6) is 0 Å². The standard InChI is InChI=1S/C17H15FN2OS/c1-20(17(21)10-12-5-4-6-13(18)9-12)11-16-19-14-7-2-3-8-15(14)22-16/h2-9H,10-11H2,1H3. The Kier molecular flexibility index (Phi) is 4.15. The Labute approximate surface area is 132 Å². The van der Waals surface area contributed by atoms with Gasteiger partial charge in [-0.25, -0.2) is 9.37 Å². The summed E-state index contributed by atoms with van der Waals surface area (Å²) >= 11 is 1.59. The molecule has 0 spiro atoms. The number of hydrogen-bond donors (Lipinski definition) is 0. The Hall–Kier alpha value is -2.27. The predicted molar refractivity (Wildman–Crippen MR) is 86.2 cm³/mol. The maximum atomic E-state index is 13.2. The maximum Gasteiger partial charge on any atom is 0.227 e. The molecule has 1 amide bonds. The van der Waals surface area contributed by atoms with E-state index >= 15 is 0 Å². The minimum atomic E-state index is -0.320. The second-order valence-electron chi connectivity index (χ2n) is 5.13. The zero-order valence-corrected chi connectivity index (χ0v) is 12.9. The lowest BCUT2D eigenvalue weighted by Gasteiger charge is -2.15. The number of aromatic nitrogens is 1. The summed E-state index contributed by atoms with van der Waals surface area (Å²) in [5.41, 5.74) is 1.63. The van der Waals surface area contributed by atoms with Gasteiger partial charge in [0.15, 0.2) is 0 Å². The molecule has 3 rings (SSSR count). The van der Waals surface area contributed by atoms with Crippen molar-refractivity contribution in [3.05, 3.63) is 64.9 Å². The molecule has 0 bridgehead atoms. The highest BCUT2D eigenvalue weighted by Crippen LogP contribution is 2.22. The lowest BCUT2D eigenvalue weighted by Crippen LogP contribution is -2.27. The Bertz CT molecular complexity index is 782. The fraction of sp³-hybridized carbons (Fsp3) is 0.176. The molecule has 2 aromatic carbocycles. The number of carbonyl (C=O) groups is 1. The molecule has 0 aliphatic heterocycles. The van der Waals surface area contributed by atoms with Crippen LogP contribution in [-0.2, 0) is 17.8 Å². The second kappa shape index (κ2) is 6.23. The van der Waals surface area contributed by atoms with Gasteiger partial charge in [0, 0.05) is 7.05 Å². The third kappa shape index (κ3) is 3.31. The van der Waals surface area contributed by atoms with Gasteiger partial charge in [-0.05, 0) is 29.8 Å². The summed E-state index contributed by atoms with van der Waals surface area (Å²) in [6.07, 6.45) is 0.194. The van der Waals surface area contributed by atoms with Gasteiger partial charge in [0.2, 0.25) is 5.91 Å². The zero-order chi connectivity index (χ0) is 15.5. The summed E-state index contributed by atoms with van der Waals surface area (Å²) in [5, 5.41) is 0.899. The van der Waals surface area contributed by atoms with Crippen molar-refractivity contribution < 1.29 is 9.18 Å². The molecular formula is C17H15FN2OS. The van der Waals surface area contributed by atoms with Crippen LogP contribution in [-0.4, -0.2) is 22.8 Å². The zero-order valence-electron chi connectivity index (χ0n) is 12.1. The third-order valence-electron chi connectivity index (χ3n) is 3.38. The van der Waals surface area contributed by atoms with Crippen LogP contribution in [0.15, 0.2) is 48.5 Å². The highest BCUT2D eigenvalue weighted by Gasteiger charge is 2.13. The molecule has 3 nitrogen and oxygen atoms in total. The lowest BCUT2D eigenvalue weighted by molar-refractivity contribution is -0.129. The minimum absolute atomic E-state index is 0.0511. The van der Waals surface area contributed by atoms with Crippen molar-refractivity contribution >= 4 is 27.5 Å². The molecule has 1 aromatic heterocycles. The molecule has 22 heavy (non-hydrogen) atoms. The van der Waals surface area contributed by atoms with E-state index in [2.05, 4.69) is 4.98 Å². The van der Waals surface area contributed by atoms with E-state index in [1.54, 1.807) is 35.4 Å². The van der Waals surface area contributed by atoms with Gasteiger partial charge in [-0.15, -0.1) is 11.3 Å². The fourth-order valence-electron chi connectivity index (χ4n) is 2.24. The number of para-hydroxylation sites is 1. The van der Waals surface area contributed by atoms with Crippen molar-refractivity contribution in [3.8, 4) is 0 Å². The highest BCUT2D eigenvalue weighted by atomic mass is 32.1. The van der Waals surface area contributed by atoms with E-state index in [9.17, 15) is 9.18 Å². The molecule has 1 heterocycles. The van der Waals surface area contributed by atoms with Gasteiger partial charge in [0.1, 0.15) is 10.8 Å². The van der Waals surface area contributed by atoms with E-state index in [1.165, 1.54) is 12.1 Å². The maximum absolute atomic E-state index is 13.2. The summed E-state index contributed by atoms with van der Waals surface area (Å²) in [7, 11) is 1.74. The number of nitrogens with zero attached hydrogens (tertiary/aromatic N) is 2. The van der Waals surface area contributed by atoms with Crippen LogP contribution in [0.3, 0.4) is 0 Å². The molecule has 112 valence electrons. The van der Waals surface area contributed by atoms with Crippen molar-refractivity contribution in [2.45, 2.75) is 13.0 Å². The molecule has 0 aliphatic rings. The van der Waals surface area contributed by atoms with Gasteiger partial charge in [-0.1, -0.05) is 24.3 Å². The van der Waals surface area contributed by atoms with E-state index in [0.717, 1.165) is 15.2 Å². The number of hydrogen-bond acceptors (Lipinski definition) is 3. The average molecular weight is 314 g/mol. The van der Waals surface area contributed by atoms with Crippen LogP contribution in [0.2, 0.25) is 0 Å². The molecule has 0 radical (unpaired) electrons. The molecule has 0 unspecified atom stereocenters. The van der Waals surface area contributed by atoms with Crippen LogP contribution < -0.4 is 0 Å². The number of carbonyl (C=O) groups excluding carboxylic acids is 1. The van der Waals surface area contributed by atoms with Crippen LogP contribution in [0.25, 0.3) is 10.2 Å². The number of amides is 1. The number of thiazole rings is 1. The van der Waals surface area contributed by atoms with Crippen molar-refractivity contribution in [3.63, 3.8) is 0 Å².